The first-order chi connectivity index (χ1) is 10.2. The molecule has 112 valence electrons. The molecule has 1 aliphatic rings. The van der Waals surface area contributed by atoms with E-state index in [2.05, 4.69) is 39.6 Å². The van der Waals surface area contributed by atoms with Gasteiger partial charge < -0.3 is 9.88 Å². The van der Waals surface area contributed by atoms with Gasteiger partial charge in [0.2, 0.25) is 0 Å². The molecular formula is C16H19BrN2OS. The van der Waals surface area contributed by atoms with Gasteiger partial charge in [-0.25, -0.2) is 0 Å². The maximum Gasteiger partial charge on any atom is 0.251 e. The second-order valence-electron chi connectivity index (χ2n) is 5.39. The number of rotatable bonds is 4. The summed E-state index contributed by atoms with van der Waals surface area (Å²) in [4.78, 5) is 13.5. The molecule has 0 saturated heterocycles. The molecule has 2 heterocycles. The molecule has 0 amide bonds. The number of hydrogen-bond donors (Lipinski definition) is 1. The van der Waals surface area contributed by atoms with Crippen molar-refractivity contribution in [2.75, 3.05) is 6.54 Å². The fraction of sp³-hybridized carbons (Fsp3) is 0.438. The molecule has 0 aromatic carbocycles. The largest absolute Gasteiger partial charge is 0.310 e. The van der Waals surface area contributed by atoms with Crippen LogP contribution >= 0.6 is 27.3 Å². The Morgan fingerprint density at radius 3 is 3.05 bits per heavy atom. The van der Waals surface area contributed by atoms with Crippen LogP contribution < -0.4 is 10.9 Å². The number of nitrogens with one attached hydrogen (secondary N) is 1. The maximum absolute atomic E-state index is 12.3. The molecule has 1 N–H and O–H groups in total. The van der Waals surface area contributed by atoms with Crippen molar-refractivity contribution < 1.29 is 0 Å². The minimum Gasteiger partial charge on any atom is -0.310 e. The van der Waals surface area contributed by atoms with Gasteiger partial charge in [0.15, 0.2) is 0 Å². The van der Waals surface area contributed by atoms with Gasteiger partial charge in [0, 0.05) is 32.5 Å². The molecule has 21 heavy (non-hydrogen) atoms. The number of pyridine rings is 1. The zero-order valence-corrected chi connectivity index (χ0v) is 14.5. The van der Waals surface area contributed by atoms with Gasteiger partial charge in [0.25, 0.3) is 5.56 Å². The van der Waals surface area contributed by atoms with Crippen molar-refractivity contribution in [1.82, 2.24) is 9.88 Å². The van der Waals surface area contributed by atoms with E-state index in [1.54, 1.807) is 17.4 Å². The molecule has 0 aliphatic heterocycles. The average molecular weight is 367 g/mol. The topological polar surface area (TPSA) is 34.0 Å². The molecule has 0 spiro atoms. The minimum atomic E-state index is 0.107. The maximum atomic E-state index is 12.3. The van der Waals surface area contributed by atoms with Crippen LogP contribution in [0, 0.1) is 0 Å². The van der Waals surface area contributed by atoms with Gasteiger partial charge >= 0.3 is 0 Å². The van der Waals surface area contributed by atoms with Crippen LogP contribution in [0.15, 0.2) is 32.8 Å². The lowest BCUT2D eigenvalue weighted by atomic mass is 9.91. The second-order valence-corrected chi connectivity index (χ2v) is 7.30. The monoisotopic (exact) mass is 366 g/mol. The van der Waals surface area contributed by atoms with Crippen molar-refractivity contribution in [3.8, 4) is 0 Å². The van der Waals surface area contributed by atoms with Crippen LogP contribution in [0.1, 0.15) is 41.9 Å². The van der Waals surface area contributed by atoms with E-state index in [0.29, 0.717) is 12.6 Å². The minimum absolute atomic E-state index is 0.107. The van der Waals surface area contributed by atoms with Crippen molar-refractivity contribution in [2.45, 2.75) is 38.8 Å². The van der Waals surface area contributed by atoms with Gasteiger partial charge in [0.05, 0.1) is 6.54 Å². The van der Waals surface area contributed by atoms with E-state index in [1.807, 2.05) is 10.6 Å². The molecule has 2 aromatic heterocycles. The smallest absolute Gasteiger partial charge is 0.251 e. The number of halogens is 1. The highest BCUT2D eigenvalue weighted by molar-refractivity contribution is 9.10. The lowest BCUT2D eigenvalue weighted by Crippen LogP contribution is -2.31. The summed E-state index contributed by atoms with van der Waals surface area (Å²) in [5.41, 5.74) is 2.62. The molecule has 3 nitrogen and oxygen atoms in total. The quantitative estimate of drug-likeness (QED) is 0.894. The van der Waals surface area contributed by atoms with E-state index in [0.717, 1.165) is 30.3 Å². The zero-order chi connectivity index (χ0) is 14.8. The average Bonchev–Trinajstić information content (AvgIpc) is 2.88. The highest BCUT2D eigenvalue weighted by Gasteiger charge is 2.22. The molecular weight excluding hydrogens is 348 g/mol. The van der Waals surface area contributed by atoms with Crippen molar-refractivity contribution in [3.63, 3.8) is 0 Å². The van der Waals surface area contributed by atoms with Crippen LogP contribution in [0.4, 0.5) is 0 Å². The first-order valence-electron chi connectivity index (χ1n) is 7.38. The van der Waals surface area contributed by atoms with Gasteiger partial charge in [-0.1, -0.05) is 13.0 Å². The Kier molecular flexibility index (Phi) is 4.62. The van der Waals surface area contributed by atoms with Gasteiger partial charge in [0.1, 0.15) is 0 Å². The first-order valence-corrected chi connectivity index (χ1v) is 9.05. The molecule has 0 fully saturated rings. The fourth-order valence-corrected chi connectivity index (χ4v) is 4.52. The lowest BCUT2D eigenvalue weighted by molar-refractivity contribution is 0.453. The number of aromatic nitrogens is 1. The molecule has 0 bridgehead atoms. The summed E-state index contributed by atoms with van der Waals surface area (Å²) in [7, 11) is 0. The predicted octanol–water partition coefficient (Wildman–Crippen LogP) is 3.71. The third kappa shape index (κ3) is 3.15. The van der Waals surface area contributed by atoms with Crippen LogP contribution in [0.25, 0.3) is 0 Å². The fourth-order valence-electron chi connectivity index (χ4n) is 3.09. The lowest BCUT2D eigenvalue weighted by Gasteiger charge is -2.28. The number of nitrogens with zero attached hydrogens (tertiary/aromatic N) is 1. The first kappa shape index (κ1) is 15.0. The van der Waals surface area contributed by atoms with Gasteiger partial charge in [-0.2, -0.15) is 0 Å². The molecule has 1 unspecified atom stereocenters. The standard InChI is InChI=1S/C16H19BrN2OS/c1-2-18-14-4-3-5-15-13(14)6-7-16(20)19(15)9-12-8-11(17)10-21-12/h6-8,10,14,18H,2-5,9H2,1H3. The summed E-state index contributed by atoms with van der Waals surface area (Å²) >= 11 is 5.17. The third-order valence-corrected chi connectivity index (χ3v) is 5.68. The van der Waals surface area contributed by atoms with Gasteiger partial charge in [-0.3, -0.25) is 4.79 Å². The SMILES string of the molecule is CCNC1CCCc2c1ccc(=O)n2Cc1cc(Br)cs1. The molecule has 2 aromatic rings. The Bertz CT molecular complexity index is 692. The van der Waals surface area contributed by atoms with Crippen LogP contribution in [-0.2, 0) is 13.0 Å². The van der Waals surface area contributed by atoms with E-state index >= 15 is 0 Å². The van der Waals surface area contributed by atoms with E-state index in [9.17, 15) is 4.79 Å². The summed E-state index contributed by atoms with van der Waals surface area (Å²) in [6, 6.07) is 6.23. The molecule has 3 rings (SSSR count). The second kappa shape index (κ2) is 6.46. The van der Waals surface area contributed by atoms with E-state index < -0.39 is 0 Å². The van der Waals surface area contributed by atoms with Crippen LogP contribution in [0.2, 0.25) is 0 Å². The third-order valence-electron chi connectivity index (χ3n) is 4.00. The summed E-state index contributed by atoms with van der Waals surface area (Å²) in [5.74, 6) is 0. The van der Waals surface area contributed by atoms with Crippen LogP contribution in [-0.4, -0.2) is 11.1 Å². The van der Waals surface area contributed by atoms with Crippen molar-refractivity contribution in [2.24, 2.45) is 0 Å². The van der Waals surface area contributed by atoms with Crippen molar-refractivity contribution in [3.05, 3.63) is 54.5 Å². The number of thiophene rings is 1. The molecule has 1 aliphatic carbocycles. The van der Waals surface area contributed by atoms with Crippen molar-refractivity contribution in [1.29, 1.82) is 0 Å². The number of fused-ring (bicyclic) bond motifs is 1. The highest BCUT2D eigenvalue weighted by atomic mass is 79.9. The van der Waals surface area contributed by atoms with Gasteiger partial charge in [-0.05, 0) is 53.4 Å². The Hall–Kier alpha value is -0.910. The van der Waals surface area contributed by atoms with E-state index in [-0.39, 0.29) is 5.56 Å². The van der Waals surface area contributed by atoms with Crippen molar-refractivity contribution >= 4 is 27.3 Å². The van der Waals surface area contributed by atoms with Gasteiger partial charge in [-0.15, -0.1) is 11.3 Å². The van der Waals surface area contributed by atoms with E-state index in [4.69, 9.17) is 0 Å². The summed E-state index contributed by atoms with van der Waals surface area (Å²) in [6.45, 7) is 3.77. The van der Waals surface area contributed by atoms with Crippen LogP contribution in [0.3, 0.4) is 0 Å². The number of hydrogen-bond acceptors (Lipinski definition) is 3. The predicted molar refractivity (Wildman–Crippen MR) is 91.2 cm³/mol. The molecule has 1 atom stereocenters. The summed E-state index contributed by atoms with van der Waals surface area (Å²) < 4.78 is 3.04. The normalized spacial score (nSPS) is 17.7. The van der Waals surface area contributed by atoms with E-state index in [1.165, 1.54) is 16.1 Å². The Labute approximate surface area is 137 Å². The summed E-state index contributed by atoms with van der Waals surface area (Å²) in [5, 5.41) is 5.60. The summed E-state index contributed by atoms with van der Waals surface area (Å²) in [6.07, 6.45) is 3.30. The Morgan fingerprint density at radius 2 is 2.33 bits per heavy atom. The molecule has 0 radical (unpaired) electrons. The zero-order valence-electron chi connectivity index (χ0n) is 12.1. The van der Waals surface area contributed by atoms with Crippen LogP contribution in [0.5, 0.6) is 0 Å². The highest BCUT2D eigenvalue weighted by Crippen LogP contribution is 2.29. The Morgan fingerprint density at radius 1 is 1.48 bits per heavy atom. The Balaban J connectivity index is 2.00. The molecule has 5 heteroatoms. The molecule has 0 saturated carbocycles.